The predicted octanol–water partition coefficient (Wildman–Crippen LogP) is 4.29. The van der Waals surface area contributed by atoms with Crippen LogP contribution in [-0.2, 0) is 10.3 Å². The number of hydrogen-bond donors (Lipinski definition) is 1. The molecule has 1 aliphatic heterocycles. The van der Waals surface area contributed by atoms with E-state index >= 15 is 0 Å². The van der Waals surface area contributed by atoms with E-state index in [-0.39, 0.29) is 48.1 Å². The minimum Gasteiger partial charge on any atom is -0.342 e. The van der Waals surface area contributed by atoms with Gasteiger partial charge in [0.2, 0.25) is 5.91 Å². The maximum absolute atomic E-state index is 13.3. The van der Waals surface area contributed by atoms with Crippen molar-refractivity contribution in [2.75, 3.05) is 33.7 Å². The van der Waals surface area contributed by atoms with Crippen molar-refractivity contribution in [1.29, 1.82) is 0 Å². The lowest BCUT2D eigenvalue weighted by Gasteiger charge is -2.47. The number of carbonyl (C=O) groups excluding carboxylic acids is 1. The van der Waals surface area contributed by atoms with Crippen molar-refractivity contribution < 1.29 is 4.79 Å². The monoisotopic (exact) mass is 451 g/mol. The lowest BCUT2D eigenvalue weighted by Crippen LogP contribution is -2.53. The van der Waals surface area contributed by atoms with Gasteiger partial charge in [-0.15, -0.1) is 24.8 Å². The first-order valence-electron chi connectivity index (χ1n) is 10.3. The summed E-state index contributed by atoms with van der Waals surface area (Å²) >= 11 is 0. The molecule has 0 radical (unpaired) electrons. The fourth-order valence-electron chi connectivity index (χ4n) is 4.58. The molecule has 3 rings (SSSR count). The first-order valence-corrected chi connectivity index (χ1v) is 10.3. The third-order valence-corrected chi connectivity index (χ3v) is 6.57. The van der Waals surface area contributed by atoms with Crippen LogP contribution in [0.15, 0.2) is 60.7 Å². The van der Waals surface area contributed by atoms with Crippen molar-refractivity contribution in [2.45, 2.75) is 31.2 Å². The molecule has 0 unspecified atom stereocenters. The number of benzene rings is 2. The van der Waals surface area contributed by atoms with Gasteiger partial charge in [0, 0.05) is 25.2 Å². The summed E-state index contributed by atoms with van der Waals surface area (Å²) < 4.78 is 0. The maximum atomic E-state index is 13.3. The number of hydrogen-bond acceptors (Lipinski definition) is 3. The van der Waals surface area contributed by atoms with Crippen LogP contribution in [0.5, 0.6) is 0 Å². The van der Waals surface area contributed by atoms with Crippen LogP contribution in [0.2, 0.25) is 0 Å². The zero-order valence-electron chi connectivity index (χ0n) is 18.2. The molecule has 1 amide bonds. The minimum absolute atomic E-state index is 0. The summed E-state index contributed by atoms with van der Waals surface area (Å²) in [5, 5.41) is 0. The Bertz CT molecular complexity index is 763. The molecule has 2 aromatic carbocycles. The number of amides is 1. The van der Waals surface area contributed by atoms with Crippen LogP contribution in [0, 0.1) is 5.92 Å². The molecular weight excluding hydrogens is 417 g/mol. The van der Waals surface area contributed by atoms with Crippen LogP contribution in [0.25, 0.3) is 0 Å². The van der Waals surface area contributed by atoms with E-state index in [1.54, 1.807) is 0 Å². The summed E-state index contributed by atoms with van der Waals surface area (Å²) in [5.74, 6) is 0.138. The van der Waals surface area contributed by atoms with Gasteiger partial charge in [0.15, 0.2) is 0 Å². The van der Waals surface area contributed by atoms with Gasteiger partial charge >= 0.3 is 0 Å². The number of rotatable bonds is 6. The zero-order chi connectivity index (χ0) is 20.1. The molecule has 1 heterocycles. The topological polar surface area (TPSA) is 49.6 Å². The number of nitrogens with two attached hydrogens (primary N) is 1. The maximum Gasteiger partial charge on any atom is 0.227 e. The molecule has 2 atom stereocenters. The van der Waals surface area contributed by atoms with Gasteiger partial charge in [-0.05, 0) is 44.0 Å². The van der Waals surface area contributed by atoms with Crippen molar-refractivity contribution >= 4 is 30.7 Å². The van der Waals surface area contributed by atoms with Crippen molar-refractivity contribution in [3.63, 3.8) is 0 Å². The van der Waals surface area contributed by atoms with Gasteiger partial charge in [0.05, 0.1) is 5.92 Å². The molecule has 0 aromatic heterocycles. The molecule has 0 bridgehead atoms. The fourth-order valence-corrected chi connectivity index (χ4v) is 4.58. The second-order valence-electron chi connectivity index (χ2n) is 8.16. The Labute approximate surface area is 193 Å². The number of piperidine rings is 1. The van der Waals surface area contributed by atoms with Gasteiger partial charge in [0.1, 0.15) is 0 Å². The van der Waals surface area contributed by atoms with Crippen LogP contribution < -0.4 is 5.73 Å². The summed E-state index contributed by atoms with van der Waals surface area (Å²) in [4.78, 5) is 17.6. The second kappa shape index (κ2) is 11.7. The molecular formula is C24H35Cl2N3O. The number of carbonyl (C=O) groups is 1. The Balaban J connectivity index is 0.00000225. The van der Waals surface area contributed by atoms with Crippen LogP contribution in [0.4, 0.5) is 0 Å². The standard InChI is InChI=1S/C24H33N3O.2ClH/c1-19(20-10-6-4-7-11-20)22(18-25)23(28)27-16-14-24(15-17-27,26(2)3)21-12-8-5-9-13-21;;/h4-13,19,22H,14-18,25H2,1-3H3;2*1H/t19-,22+;;/m0../s1. The van der Waals surface area contributed by atoms with Crippen molar-refractivity contribution in [3.05, 3.63) is 71.8 Å². The Kier molecular flexibility index (Phi) is 10.3. The van der Waals surface area contributed by atoms with Gasteiger partial charge in [-0.25, -0.2) is 0 Å². The molecule has 0 spiro atoms. The molecule has 0 aliphatic carbocycles. The predicted molar refractivity (Wildman–Crippen MR) is 130 cm³/mol. The van der Waals surface area contributed by atoms with E-state index in [1.165, 1.54) is 11.1 Å². The van der Waals surface area contributed by atoms with Crippen LogP contribution in [0.1, 0.15) is 36.8 Å². The molecule has 2 aromatic rings. The van der Waals surface area contributed by atoms with Crippen molar-refractivity contribution in [3.8, 4) is 0 Å². The highest BCUT2D eigenvalue weighted by Gasteiger charge is 2.40. The third kappa shape index (κ3) is 5.36. The van der Waals surface area contributed by atoms with Gasteiger partial charge in [0.25, 0.3) is 0 Å². The molecule has 166 valence electrons. The Morgan fingerprint density at radius 2 is 1.50 bits per heavy atom. The van der Waals surface area contributed by atoms with E-state index in [2.05, 4.69) is 68.4 Å². The minimum atomic E-state index is -0.175. The zero-order valence-corrected chi connectivity index (χ0v) is 19.8. The van der Waals surface area contributed by atoms with Crippen molar-refractivity contribution in [1.82, 2.24) is 9.80 Å². The molecule has 6 heteroatoms. The van der Waals surface area contributed by atoms with Crippen molar-refractivity contribution in [2.24, 2.45) is 11.7 Å². The molecule has 4 nitrogen and oxygen atoms in total. The van der Waals surface area contributed by atoms with E-state index in [1.807, 2.05) is 23.1 Å². The van der Waals surface area contributed by atoms with Gasteiger partial charge in [-0.2, -0.15) is 0 Å². The van der Waals surface area contributed by atoms with Gasteiger partial charge in [-0.1, -0.05) is 67.6 Å². The number of halogens is 2. The highest BCUT2D eigenvalue weighted by molar-refractivity contribution is 5.85. The summed E-state index contributed by atoms with van der Waals surface area (Å²) in [6.07, 6.45) is 1.87. The highest BCUT2D eigenvalue weighted by Crippen LogP contribution is 2.38. The van der Waals surface area contributed by atoms with E-state index in [0.717, 1.165) is 25.9 Å². The van der Waals surface area contributed by atoms with Crippen LogP contribution in [-0.4, -0.2) is 49.4 Å². The first kappa shape index (κ1) is 26.4. The SMILES string of the molecule is C[C@@H](c1ccccc1)[C@@H](CN)C(=O)N1CCC(c2ccccc2)(N(C)C)CC1.Cl.Cl. The smallest absolute Gasteiger partial charge is 0.227 e. The molecule has 1 aliphatic rings. The Morgan fingerprint density at radius 3 is 1.97 bits per heavy atom. The molecule has 1 saturated heterocycles. The summed E-state index contributed by atoms with van der Waals surface area (Å²) in [7, 11) is 4.29. The average molecular weight is 452 g/mol. The van der Waals surface area contributed by atoms with Crippen LogP contribution in [0.3, 0.4) is 0 Å². The third-order valence-electron chi connectivity index (χ3n) is 6.57. The summed E-state index contributed by atoms with van der Waals surface area (Å²) in [6.45, 7) is 4.03. The highest BCUT2D eigenvalue weighted by atomic mass is 35.5. The van der Waals surface area contributed by atoms with Crippen LogP contribution >= 0.6 is 24.8 Å². The van der Waals surface area contributed by atoms with E-state index in [4.69, 9.17) is 5.73 Å². The normalized spacial score (nSPS) is 17.4. The second-order valence-corrected chi connectivity index (χ2v) is 8.16. The lowest BCUT2D eigenvalue weighted by molar-refractivity contribution is -0.138. The molecule has 2 N–H and O–H groups in total. The molecule has 1 fully saturated rings. The largest absolute Gasteiger partial charge is 0.342 e. The van der Waals surface area contributed by atoms with E-state index in [9.17, 15) is 4.79 Å². The summed E-state index contributed by atoms with van der Waals surface area (Å²) in [5.41, 5.74) is 8.55. The number of likely N-dealkylation sites (tertiary alicyclic amines) is 1. The Morgan fingerprint density at radius 1 is 1.00 bits per heavy atom. The van der Waals surface area contributed by atoms with Gasteiger partial charge in [-0.3, -0.25) is 9.69 Å². The summed E-state index contributed by atoms with van der Waals surface area (Å²) in [6, 6.07) is 20.9. The average Bonchev–Trinajstić information content (AvgIpc) is 2.75. The van der Waals surface area contributed by atoms with Gasteiger partial charge < -0.3 is 10.6 Å². The van der Waals surface area contributed by atoms with E-state index < -0.39 is 0 Å². The van der Waals surface area contributed by atoms with E-state index in [0.29, 0.717) is 6.54 Å². The fraction of sp³-hybridized carbons (Fsp3) is 0.458. The quantitative estimate of drug-likeness (QED) is 0.712. The lowest BCUT2D eigenvalue weighted by atomic mass is 9.79. The first-order chi connectivity index (χ1) is 13.5. The molecule has 30 heavy (non-hydrogen) atoms. The molecule has 0 saturated carbocycles. The Hall–Kier alpha value is -1.59. The number of nitrogens with zero attached hydrogens (tertiary/aromatic N) is 2.